The average Bonchev–Trinajstić information content (AvgIpc) is 3.05. The summed E-state index contributed by atoms with van der Waals surface area (Å²) in [5.41, 5.74) is 6.12. The molecule has 3 rings (SSSR count). The number of alkyl halides is 3. The van der Waals surface area contributed by atoms with Crippen molar-refractivity contribution >= 4 is 58.3 Å². The number of amidine groups is 1. The topological polar surface area (TPSA) is 112 Å². The number of amides is 2. The monoisotopic (exact) mass is 521 g/mol. The number of carbonyl (C=O) groups excluding carboxylic acids is 2. The Bertz CT molecular complexity index is 1260. The molecule has 2 amide bonds. The van der Waals surface area contributed by atoms with Crippen LogP contribution in [0.1, 0.15) is 22.3 Å². The molecule has 182 valence electrons. The molecule has 0 saturated carbocycles. The van der Waals surface area contributed by atoms with Crippen molar-refractivity contribution in [3.05, 3.63) is 81.4 Å². The summed E-state index contributed by atoms with van der Waals surface area (Å²) in [5, 5.41) is 10.1. The molecule has 0 aromatic heterocycles. The van der Waals surface area contributed by atoms with E-state index in [0.29, 0.717) is 16.8 Å². The molecule has 1 heterocycles. The van der Waals surface area contributed by atoms with E-state index < -0.39 is 22.9 Å². The van der Waals surface area contributed by atoms with Gasteiger partial charge in [-0.05, 0) is 53.2 Å². The number of anilines is 1. The van der Waals surface area contributed by atoms with Gasteiger partial charge in [0.1, 0.15) is 5.84 Å². The smallest absolute Gasteiger partial charge is 0.386 e. The highest BCUT2D eigenvalue weighted by molar-refractivity contribution is 8.18. The number of benzene rings is 2. The number of thioether (sulfide) groups is 1. The Hall–Kier alpha value is -3.57. The second-order valence-electron chi connectivity index (χ2n) is 7.21. The Morgan fingerprint density at radius 3 is 2.66 bits per heavy atom. The van der Waals surface area contributed by atoms with Crippen LogP contribution in [0.5, 0.6) is 0 Å². The maximum Gasteiger partial charge on any atom is 0.416 e. The highest BCUT2D eigenvalue weighted by atomic mass is 35.5. The zero-order valence-corrected chi connectivity index (χ0v) is 19.6. The first-order valence-electron chi connectivity index (χ1n) is 9.96. The van der Waals surface area contributed by atoms with Crippen LogP contribution in [0.15, 0.2) is 59.1 Å². The van der Waals surface area contributed by atoms with Crippen molar-refractivity contribution in [3.8, 4) is 0 Å². The fourth-order valence-electron chi connectivity index (χ4n) is 3.22. The SMILES string of the molecule is C=CN=C(N)CN1C(=O)S/C(=C\c2ccc(NCc3ccc(Cl)cc3C(F)(F)F)c(C=N)c2)C1=O. The van der Waals surface area contributed by atoms with Crippen molar-refractivity contribution in [3.63, 3.8) is 0 Å². The first-order valence-corrected chi connectivity index (χ1v) is 11.2. The van der Waals surface area contributed by atoms with Crippen LogP contribution in [0.3, 0.4) is 0 Å². The van der Waals surface area contributed by atoms with Gasteiger partial charge in [0.05, 0.1) is 17.0 Å². The molecule has 1 saturated heterocycles. The zero-order valence-electron chi connectivity index (χ0n) is 18.0. The minimum atomic E-state index is -4.57. The summed E-state index contributed by atoms with van der Waals surface area (Å²) >= 11 is 6.46. The van der Waals surface area contributed by atoms with Gasteiger partial charge in [0.25, 0.3) is 11.1 Å². The predicted octanol–water partition coefficient (Wildman–Crippen LogP) is 5.51. The number of halogens is 4. The second kappa shape index (κ2) is 10.8. The van der Waals surface area contributed by atoms with Gasteiger partial charge in [0.2, 0.25) is 0 Å². The predicted molar refractivity (Wildman–Crippen MR) is 133 cm³/mol. The fraction of sp³-hybridized carbons (Fsp3) is 0.130. The Kier molecular flexibility index (Phi) is 8.03. The lowest BCUT2D eigenvalue weighted by molar-refractivity contribution is -0.138. The standard InChI is InChI=1S/C23H19ClF3N5O2S/c1-2-30-20(29)12-32-21(33)19(35-22(32)34)8-13-3-6-18(15(7-13)10-28)31-11-14-4-5-16(24)9-17(14)23(25,26)27/h2-10,28,31H,1,11-12H2,(H2,29,30)/b19-8-,28-10?. The Labute approximate surface area is 208 Å². The number of nitrogens with two attached hydrogens (primary N) is 1. The van der Waals surface area contributed by atoms with Gasteiger partial charge < -0.3 is 16.5 Å². The number of hydrogen-bond acceptors (Lipinski definition) is 6. The lowest BCUT2D eigenvalue weighted by Crippen LogP contribution is -2.36. The summed E-state index contributed by atoms with van der Waals surface area (Å²) < 4.78 is 40.0. The van der Waals surface area contributed by atoms with Gasteiger partial charge >= 0.3 is 6.18 Å². The zero-order chi connectivity index (χ0) is 25.8. The first kappa shape index (κ1) is 26.0. The molecule has 35 heavy (non-hydrogen) atoms. The molecule has 0 aliphatic carbocycles. The van der Waals surface area contributed by atoms with Crippen molar-refractivity contribution in [1.29, 1.82) is 5.41 Å². The van der Waals surface area contributed by atoms with Gasteiger partial charge in [-0.25, -0.2) is 4.99 Å². The summed E-state index contributed by atoms with van der Waals surface area (Å²) in [6.07, 6.45) is -0.842. The van der Waals surface area contributed by atoms with E-state index in [0.717, 1.165) is 28.9 Å². The van der Waals surface area contributed by atoms with Crippen LogP contribution in [0, 0.1) is 5.41 Å². The lowest BCUT2D eigenvalue weighted by atomic mass is 10.1. The largest absolute Gasteiger partial charge is 0.416 e. The maximum absolute atomic E-state index is 13.3. The van der Waals surface area contributed by atoms with E-state index in [-0.39, 0.29) is 34.4 Å². The number of imide groups is 1. The Balaban J connectivity index is 1.80. The van der Waals surface area contributed by atoms with E-state index in [1.807, 2.05) is 0 Å². The van der Waals surface area contributed by atoms with Gasteiger partial charge in [-0.3, -0.25) is 14.5 Å². The third kappa shape index (κ3) is 6.31. The highest BCUT2D eigenvalue weighted by Crippen LogP contribution is 2.35. The summed E-state index contributed by atoms with van der Waals surface area (Å²) in [4.78, 5) is 29.7. The third-order valence-electron chi connectivity index (χ3n) is 4.83. The fourth-order valence-corrected chi connectivity index (χ4v) is 4.23. The van der Waals surface area contributed by atoms with Crippen LogP contribution in [0.25, 0.3) is 6.08 Å². The van der Waals surface area contributed by atoms with Crippen molar-refractivity contribution in [2.75, 3.05) is 11.9 Å². The molecule has 12 heteroatoms. The van der Waals surface area contributed by atoms with Crippen LogP contribution in [-0.2, 0) is 17.5 Å². The van der Waals surface area contributed by atoms with Gasteiger partial charge in [-0.2, -0.15) is 13.2 Å². The van der Waals surface area contributed by atoms with Crippen LogP contribution in [0.4, 0.5) is 23.7 Å². The molecule has 0 spiro atoms. The summed E-state index contributed by atoms with van der Waals surface area (Å²) in [6, 6.07) is 8.29. The van der Waals surface area contributed by atoms with Crippen molar-refractivity contribution in [1.82, 2.24) is 4.90 Å². The van der Waals surface area contributed by atoms with Gasteiger partial charge in [-0.1, -0.05) is 30.3 Å². The molecule has 0 unspecified atom stereocenters. The highest BCUT2D eigenvalue weighted by Gasteiger charge is 2.35. The van der Waals surface area contributed by atoms with Crippen molar-refractivity contribution < 1.29 is 22.8 Å². The minimum absolute atomic E-state index is 0.00477. The normalized spacial score (nSPS) is 15.6. The van der Waals surface area contributed by atoms with Crippen LogP contribution in [0.2, 0.25) is 5.02 Å². The van der Waals surface area contributed by atoms with Crippen molar-refractivity contribution in [2.24, 2.45) is 10.7 Å². The van der Waals surface area contributed by atoms with E-state index in [4.69, 9.17) is 22.7 Å². The lowest BCUT2D eigenvalue weighted by Gasteiger charge is -2.15. The van der Waals surface area contributed by atoms with Crippen molar-refractivity contribution in [2.45, 2.75) is 12.7 Å². The minimum Gasteiger partial charge on any atom is -0.386 e. The van der Waals surface area contributed by atoms with Crippen LogP contribution < -0.4 is 11.1 Å². The molecule has 2 aromatic carbocycles. The third-order valence-corrected chi connectivity index (χ3v) is 5.97. The van der Waals surface area contributed by atoms with Crippen LogP contribution in [-0.4, -0.2) is 34.6 Å². The molecule has 1 aliphatic heterocycles. The van der Waals surface area contributed by atoms with E-state index in [2.05, 4.69) is 16.9 Å². The molecule has 1 aliphatic rings. The van der Waals surface area contributed by atoms with E-state index in [9.17, 15) is 22.8 Å². The van der Waals surface area contributed by atoms with E-state index >= 15 is 0 Å². The maximum atomic E-state index is 13.3. The summed E-state index contributed by atoms with van der Waals surface area (Å²) in [7, 11) is 0. The molecule has 2 aromatic rings. The number of nitrogens with one attached hydrogen (secondary N) is 2. The molecular weight excluding hydrogens is 503 g/mol. The second-order valence-corrected chi connectivity index (χ2v) is 8.64. The molecule has 4 N–H and O–H groups in total. The Morgan fingerprint density at radius 1 is 1.26 bits per heavy atom. The molecule has 1 fully saturated rings. The van der Waals surface area contributed by atoms with Gasteiger partial charge in [0, 0.05) is 35.2 Å². The molecule has 0 radical (unpaired) electrons. The number of aliphatic imine (C=N–C) groups is 1. The van der Waals surface area contributed by atoms with E-state index in [1.165, 1.54) is 24.4 Å². The average molecular weight is 522 g/mol. The number of carbonyl (C=O) groups is 2. The number of rotatable bonds is 8. The van der Waals surface area contributed by atoms with Crippen LogP contribution >= 0.6 is 23.4 Å². The summed E-state index contributed by atoms with van der Waals surface area (Å²) in [5.74, 6) is -0.484. The quantitative estimate of drug-likeness (QED) is 0.241. The number of nitrogens with zero attached hydrogens (tertiary/aromatic N) is 2. The molecule has 0 atom stereocenters. The molecule has 0 bridgehead atoms. The van der Waals surface area contributed by atoms with Gasteiger partial charge in [-0.15, -0.1) is 0 Å². The summed E-state index contributed by atoms with van der Waals surface area (Å²) in [6.45, 7) is 3.08. The molecular formula is C23H19ClF3N5O2S. The first-order chi connectivity index (χ1) is 16.5. The molecule has 7 nitrogen and oxygen atoms in total. The number of hydrogen-bond donors (Lipinski definition) is 3. The van der Waals surface area contributed by atoms with Gasteiger partial charge in [0.15, 0.2) is 0 Å². The van der Waals surface area contributed by atoms with E-state index in [1.54, 1.807) is 18.2 Å². The Morgan fingerprint density at radius 2 is 2.00 bits per heavy atom.